The van der Waals surface area contributed by atoms with Crippen LogP contribution in [0.15, 0.2) is 180 Å². The smallest absolute Gasteiger partial charge is 0.143 e. The number of hydrogen-bond donors (Lipinski definition) is 0. The van der Waals surface area contributed by atoms with E-state index in [0.29, 0.717) is 0 Å². The molecule has 12 aromatic rings. The fourth-order valence-corrected chi connectivity index (χ4v) is 11.0. The Labute approximate surface area is 318 Å². The van der Waals surface area contributed by atoms with Crippen LogP contribution < -0.4 is 4.90 Å². The summed E-state index contributed by atoms with van der Waals surface area (Å²) in [5, 5.41) is 12.3. The SMILES string of the molecule is c1ccc2c(-c3ccc(N(c4cccc5c4sc4ccccc45)c4cccc5c4sc4ccc6oc7c8ccccc8ccc7c6c45)cc3)cccc2c1. The lowest BCUT2D eigenvalue weighted by Crippen LogP contribution is -2.10. The Hall–Kier alpha value is -6.46. The molecule has 12 rings (SSSR count). The van der Waals surface area contributed by atoms with Gasteiger partial charge in [0.2, 0.25) is 0 Å². The lowest BCUT2D eigenvalue weighted by Gasteiger charge is -2.27. The van der Waals surface area contributed by atoms with Gasteiger partial charge in [0, 0.05) is 52.8 Å². The van der Waals surface area contributed by atoms with Crippen molar-refractivity contribution in [3.8, 4) is 11.1 Å². The molecule has 54 heavy (non-hydrogen) atoms. The number of furan rings is 1. The number of hydrogen-bond acceptors (Lipinski definition) is 4. The topological polar surface area (TPSA) is 16.4 Å². The summed E-state index contributed by atoms with van der Waals surface area (Å²) in [5.74, 6) is 0. The van der Waals surface area contributed by atoms with Gasteiger partial charge in [-0.1, -0.05) is 127 Å². The Morgan fingerprint density at radius 2 is 1.02 bits per heavy atom. The molecular weight excluding hydrogens is 695 g/mol. The minimum Gasteiger partial charge on any atom is -0.455 e. The molecule has 9 aromatic carbocycles. The highest BCUT2D eigenvalue weighted by Gasteiger charge is 2.23. The molecule has 0 N–H and O–H groups in total. The molecule has 4 heteroatoms. The van der Waals surface area contributed by atoms with Crippen LogP contribution in [0.25, 0.3) is 95.0 Å². The molecule has 0 aliphatic heterocycles. The van der Waals surface area contributed by atoms with Crippen LogP contribution in [-0.2, 0) is 0 Å². The second-order valence-corrected chi connectivity index (χ2v) is 16.1. The fraction of sp³-hybridized carbons (Fsp3) is 0. The predicted molar refractivity (Wildman–Crippen MR) is 235 cm³/mol. The van der Waals surface area contributed by atoms with Gasteiger partial charge in [0.15, 0.2) is 0 Å². The van der Waals surface area contributed by atoms with E-state index < -0.39 is 0 Å². The van der Waals surface area contributed by atoms with Crippen LogP contribution in [0.3, 0.4) is 0 Å². The molecule has 0 radical (unpaired) electrons. The number of thiophene rings is 2. The van der Waals surface area contributed by atoms with Crippen LogP contribution in [0, 0.1) is 0 Å². The van der Waals surface area contributed by atoms with E-state index in [-0.39, 0.29) is 0 Å². The first-order valence-corrected chi connectivity index (χ1v) is 19.9. The largest absolute Gasteiger partial charge is 0.455 e. The van der Waals surface area contributed by atoms with Gasteiger partial charge in [-0.05, 0) is 75.8 Å². The number of anilines is 3. The molecular formula is C50H29NOS2. The molecule has 0 amide bonds. The van der Waals surface area contributed by atoms with Crippen molar-refractivity contribution in [2.45, 2.75) is 0 Å². The molecule has 3 aromatic heterocycles. The number of nitrogens with zero attached hydrogens (tertiary/aromatic N) is 1. The Balaban J connectivity index is 1.12. The first kappa shape index (κ1) is 30.0. The molecule has 2 nitrogen and oxygen atoms in total. The Kier molecular flexibility index (Phi) is 6.41. The van der Waals surface area contributed by atoms with Crippen LogP contribution in [0.4, 0.5) is 17.1 Å². The zero-order valence-corrected chi connectivity index (χ0v) is 30.5. The molecule has 0 aliphatic carbocycles. The molecule has 0 unspecified atom stereocenters. The third kappa shape index (κ3) is 4.32. The zero-order valence-electron chi connectivity index (χ0n) is 28.9. The van der Waals surface area contributed by atoms with Gasteiger partial charge in [0.1, 0.15) is 11.2 Å². The number of fused-ring (bicyclic) bond motifs is 13. The van der Waals surface area contributed by atoms with Crippen LogP contribution in [-0.4, -0.2) is 0 Å². The van der Waals surface area contributed by atoms with Crippen molar-refractivity contribution < 1.29 is 4.42 Å². The lowest BCUT2D eigenvalue weighted by atomic mass is 9.98. The molecule has 0 saturated heterocycles. The second-order valence-electron chi connectivity index (χ2n) is 14.0. The van der Waals surface area contributed by atoms with Crippen molar-refractivity contribution in [3.63, 3.8) is 0 Å². The maximum Gasteiger partial charge on any atom is 0.143 e. The zero-order chi connectivity index (χ0) is 35.3. The van der Waals surface area contributed by atoms with E-state index in [0.717, 1.165) is 27.6 Å². The average Bonchev–Trinajstić information content (AvgIpc) is 3.93. The summed E-state index contributed by atoms with van der Waals surface area (Å²) in [6.45, 7) is 0. The third-order valence-electron chi connectivity index (χ3n) is 11.1. The predicted octanol–water partition coefficient (Wildman–Crippen LogP) is 15.8. The van der Waals surface area contributed by atoms with Gasteiger partial charge in [-0.2, -0.15) is 0 Å². The van der Waals surface area contributed by atoms with E-state index in [1.165, 1.54) is 84.4 Å². The van der Waals surface area contributed by atoms with Crippen LogP contribution >= 0.6 is 22.7 Å². The maximum absolute atomic E-state index is 6.66. The molecule has 0 spiro atoms. The van der Waals surface area contributed by atoms with Crippen LogP contribution in [0.5, 0.6) is 0 Å². The monoisotopic (exact) mass is 723 g/mol. The van der Waals surface area contributed by atoms with Crippen molar-refractivity contribution in [1.82, 2.24) is 0 Å². The molecule has 0 fully saturated rings. The van der Waals surface area contributed by atoms with Gasteiger partial charge in [-0.25, -0.2) is 0 Å². The molecule has 252 valence electrons. The van der Waals surface area contributed by atoms with Crippen molar-refractivity contribution in [3.05, 3.63) is 176 Å². The minimum atomic E-state index is 0.926. The van der Waals surface area contributed by atoms with Crippen molar-refractivity contribution in [2.75, 3.05) is 4.90 Å². The van der Waals surface area contributed by atoms with Gasteiger partial charge in [-0.3, -0.25) is 0 Å². The van der Waals surface area contributed by atoms with Gasteiger partial charge >= 0.3 is 0 Å². The molecule has 0 bridgehead atoms. The normalized spacial score (nSPS) is 12.1. The van der Waals surface area contributed by atoms with Crippen molar-refractivity contribution >= 4 is 124 Å². The summed E-state index contributed by atoms with van der Waals surface area (Å²) in [6, 6.07) is 64.1. The van der Waals surface area contributed by atoms with Gasteiger partial charge in [0.05, 0.1) is 20.8 Å². The molecule has 0 aliphatic rings. The summed E-state index contributed by atoms with van der Waals surface area (Å²) in [4.78, 5) is 2.49. The van der Waals surface area contributed by atoms with Gasteiger partial charge in [0.25, 0.3) is 0 Å². The summed E-state index contributed by atoms with van der Waals surface area (Å²) in [7, 11) is 0. The fourth-order valence-electron chi connectivity index (χ4n) is 8.63. The van der Waals surface area contributed by atoms with E-state index in [4.69, 9.17) is 4.42 Å². The van der Waals surface area contributed by atoms with Gasteiger partial charge in [-0.15, -0.1) is 22.7 Å². The highest BCUT2D eigenvalue weighted by molar-refractivity contribution is 7.27. The molecule has 0 saturated carbocycles. The minimum absolute atomic E-state index is 0.926. The van der Waals surface area contributed by atoms with E-state index in [2.05, 4.69) is 181 Å². The highest BCUT2D eigenvalue weighted by Crippen LogP contribution is 2.51. The van der Waals surface area contributed by atoms with Gasteiger partial charge < -0.3 is 9.32 Å². The van der Waals surface area contributed by atoms with Crippen LogP contribution in [0.2, 0.25) is 0 Å². The quantitative estimate of drug-likeness (QED) is 0.180. The Morgan fingerprint density at radius 1 is 0.389 bits per heavy atom. The third-order valence-corrected chi connectivity index (χ3v) is 13.5. The maximum atomic E-state index is 6.66. The highest BCUT2D eigenvalue weighted by atomic mass is 32.1. The second kappa shape index (κ2) is 11.5. The summed E-state index contributed by atoms with van der Waals surface area (Å²) in [5.41, 5.74) is 7.81. The Bertz CT molecular complexity index is 3450. The lowest BCUT2D eigenvalue weighted by molar-refractivity contribution is 0.673. The summed E-state index contributed by atoms with van der Waals surface area (Å²) in [6.07, 6.45) is 0. The summed E-state index contributed by atoms with van der Waals surface area (Å²) >= 11 is 3.74. The van der Waals surface area contributed by atoms with E-state index >= 15 is 0 Å². The number of benzene rings is 9. The number of rotatable bonds is 4. The van der Waals surface area contributed by atoms with Crippen molar-refractivity contribution in [2.24, 2.45) is 0 Å². The first-order chi connectivity index (χ1) is 26.8. The molecule has 3 heterocycles. The Morgan fingerprint density at radius 3 is 1.85 bits per heavy atom. The van der Waals surface area contributed by atoms with Crippen molar-refractivity contribution in [1.29, 1.82) is 0 Å². The standard InChI is InChI=1S/C50H29NOS2/c1-3-13-34-30(10-1)12-7-16-35(34)32-22-25-33(26-23-32)51(41-19-8-17-38-37-15-5-6-21-44(37)53-49(38)41)42-20-9-18-40-47-45(54-50(40)42)29-28-43-46(47)39-27-24-31-11-2-4-14-36(31)48(39)52-43/h1-29H. The summed E-state index contributed by atoms with van der Waals surface area (Å²) < 4.78 is 11.7. The van der Waals surface area contributed by atoms with E-state index in [1.54, 1.807) is 0 Å². The first-order valence-electron chi connectivity index (χ1n) is 18.3. The average molecular weight is 724 g/mol. The van der Waals surface area contributed by atoms with Crippen LogP contribution in [0.1, 0.15) is 0 Å². The van der Waals surface area contributed by atoms with E-state index in [9.17, 15) is 0 Å². The molecule has 0 atom stereocenters. The van der Waals surface area contributed by atoms with E-state index in [1.807, 2.05) is 22.7 Å².